The number of carbonyl (C=O) groups is 2. The quantitative estimate of drug-likeness (QED) is 0.376. The van der Waals surface area contributed by atoms with Crippen molar-refractivity contribution in [1.29, 1.82) is 0 Å². The number of carbonyl (C=O) groups excluding carboxylic acids is 2. The van der Waals surface area contributed by atoms with Gasteiger partial charge in [0.2, 0.25) is 17.5 Å². The summed E-state index contributed by atoms with van der Waals surface area (Å²) in [4.78, 5) is 24.2. The van der Waals surface area contributed by atoms with Crippen molar-refractivity contribution >= 4 is 23.7 Å². The standard InChI is InChI=1S/C17H20N4O6S/c1-24-11-7-10(8-12(25-2)14(11)26-3)15-19-20-17(27-15)28-6-4-5-21-13(22)9-18-16(21)23/h7-8H,4-6,9H2,1-3H3,(H,18,23). The molecule has 1 aliphatic rings. The van der Waals surface area contributed by atoms with Crippen LogP contribution in [0.4, 0.5) is 4.79 Å². The highest BCUT2D eigenvalue weighted by Gasteiger charge is 2.27. The number of methoxy groups -OCH3 is 3. The molecule has 11 heteroatoms. The van der Waals surface area contributed by atoms with Gasteiger partial charge in [0.25, 0.3) is 5.22 Å². The summed E-state index contributed by atoms with van der Waals surface area (Å²) in [6.07, 6.45) is 0.617. The predicted molar refractivity (Wildman–Crippen MR) is 99.8 cm³/mol. The predicted octanol–water partition coefficient (Wildman–Crippen LogP) is 1.80. The maximum Gasteiger partial charge on any atom is 0.324 e. The molecule has 1 N–H and O–H groups in total. The average Bonchev–Trinajstić information content (AvgIpc) is 3.31. The molecule has 1 fully saturated rings. The Morgan fingerprint density at radius 2 is 1.86 bits per heavy atom. The van der Waals surface area contributed by atoms with Crippen LogP contribution in [0.5, 0.6) is 17.2 Å². The van der Waals surface area contributed by atoms with Crippen molar-refractivity contribution in [2.45, 2.75) is 11.6 Å². The number of benzene rings is 1. The lowest BCUT2D eigenvalue weighted by molar-refractivity contribution is -0.124. The van der Waals surface area contributed by atoms with E-state index < -0.39 is 0 Å². The highest BCUT2D eigenvalue weighted by Crippen LogP contribution is 2.41. The van der Waals surface area contributed by atoms with Gasteiger partial charge < -0.3 is 23.9 Å². The van der Waals surface area contributed by atoms with Crippen molar-refractivity contribution in [2.24, 2.45) is 0 Å². The number of urea groups is 1. The molecule has 150 valence electrons. The van der Waals surface area contributed by atoms with Crippen molar-refractivity contribution in [2.75, 3.05) is 40.2 Å². The topological polar surface area (TPSA) is 116 Å². The van der Waals surface area contributed by atoms with Crippen LogP contribution in [0.1, 0.15) is 6.42 Å². The first-order valence-electron chi connectivity index (χ1n) is 8.42. The Labute approximate surface area is 165 Å². The lowest BCUT2D eigenvalue weighted by Crippen LogP contribution is -2.32. The van der Waals surface area contributed by atoms with Gasteiger partial charge in [-0.2, -0.15) is 0 Å². The van der Waals surface area contributed by atoms with E-state index in [1.165, 1.54) is 38.0 Å². The molecule has 2 aromatic rings. The van der Waals surface area contributed by atoms with Gasteiger partial charge in [-0.3, -0.25) is 9.69 Å². The van der Waals surface area contributed by atoms with Gasteiger partial charge in [-0.05, 0) is 18.6 Å². The zero-order chi connectivity index (χ0) is 20.1. The number of ether oxygens (including phenoxy) is 3. The Hall–Kier alpha value is -2.95. The van der Waals surface area contributed by atoms with Crippen molar-refractivity contribution < 1.29 is 28.2 Å². The zero-order valence-corrected chi connectivity index (χ0v) is 16.5. The molecule has 3 amide bonds. The Balaban J connectivity index is 1.62. The number of amides is 3. The largest absolute Gasteiger partial charge is 0.493 e. The summed E-state index contributed by atoms with van der Waals surface area (Å²) in [6, 6.07) is 3.10. The summed E-state index contributed by atoms with van der Waals surface area (Å²) in [5.74, 6) is 2.17. The molecule has 0 saturated carbocycles. The molecule has 10 nitrogen and oxygen atoms in total. The lowest BCUT2D eigenvalue weighted by atomic mass is 10.2. The number of hydrogen-bond donors (Lipinski definition) is 1. The van der Waals surface area contributed by atoms with Gasteiger partial charge in [0.1, 0.15) is 0 Å². The minimum Gasteiger partial charge on any atom is -0.493 e. The summed E-state index contributed by atoms with van der Waals surface area (Å²) in [6.45, 7) is 0.416. The van der Waals surface area contributed by atoms with E-state index >= 15 is 0 Å². The second-order valence-electron chi connectivity index (χ2n) is 5.69. The molecule has 1 aromatic heterocycles. The lowest BCUT2D eigenvalue weighted by Gasteiger charge is -2.12. The van der Waals surface area contributed by atoms with Crippen LogP contribution < -0.4 is 19.5 Å². The Bertz CT molecular complexity index is 830. The van der Waals surface area contributed by atoms with E-state index in [1.807, 2.05) is 0 Å². The van der Waals surface area contributed by atoms with Crippen molar-refractivity contribution in [3.63, 3.8) is 0 Å². The molecule has 0 bridgehead atoms. The molecule has 0 radical (unpaired) electrons. The third-order valence-corrected chi connectivity index (χ3v) is 4.91. The van der Waals surface area contributed by atoms with Gasteiger partial charge >= 0.3 is 6.03 Å². The number of aromatic nitrogens is 2. The highest BCUT2D eigenvalue weighted by atomic mass is 32.2. The number of nitrogens with zero attached hydrogens (tertiary/aromatic N) is 3. The van der Waals surface area contributed by atoms with Crippen LogP contribution in [0.25, 0.3) is 11.5 Å². The first kappa shape index (κ1) is 19.8. The smallest absolute Gasteiger partial charge is 0.324 e. The summed E-state index contributed by atoms with van der Waals surface area (Å²) >= 11 is 1.35. The number of thioether (sulfide) groups is 1. The van der Waals surface area contributed by atoms with Crippen LogP contribution in [0, 0.1) is 0 Å². The number of hydrogen-bond acceptors (Lipinski definition) is 9. The molecule has 2 heterocycles. The molecule has 0 spiro atoms. The third kappa shape index (κ3) is 4.14. The molecule has 1 aromatic carbocycles. The van der Waals surface area contributed by atoms with Gasteiger partial charge in [-0.1, -0.05) is 11.8 Å². The molecule has 0 aliphatic carbocycles. The Morgan fingerprint density at radius 3 is 2.43 bits per heavy atom. The summed E-state index contributed by atoms with van der Waals surface area (Å²) in [5.41, 5.74) is 0.633. The summed E-state index contributed by atoms with van der Waals surface area (Å²) in [5, 5.41) is 11.0. The molecule has 1 saturated heterocycles. The molecule has 0 atom stereocenters. The van der Waals surface area contributed by atoms with Crippen LogP contribution in [0.3, 0.4) is 0 Å². The van der Waals surface area contributed by atoms with Gasteiger partial charge in [0, 0.05) is 17.9 Å². The van der Waals surface area contributed by atoms with E-state index in [-0.39, 0.29) is 18.5 Å². The van der Waals surface area contributed by atoms with E-state index in [4.69, 9.17) is 18.6 Å². The first-order valence-corrected chi connectivity index (χ1v) is 9.40. The van der Waals surface area contributed by atoms with Gasteiger partial charge in [-0.25, -0.2) is 4.79 Å². The zero-order valence-electron chi connectivity index (χ0n) is 15.7. The van der Waals surface area contributed by atoms with Crippen molar-refractivity contribution in [1.82, 2.24) is 20.4 Å². The third-order valence-electron chi connectivity index (χ3n) is 4.01. The fourth-order valence-corrected chi connectivity index (χ4v) is 3.34. The fraction of sp³-hybridized carbons (Fsp3) is 0.412. The number of imide groups is 1. The van der Waals surface area contributed by atoms with E-state index in [0.29, 0.717) is 52.6 Å². The molecule has 0 unspecified atom stereocenters. The molecule has 3 rings (SSSR count). The average molecular weight is 408 g/mol. The van der Waals surface area contributed by atoms with Gasteiger partial charge in [0.05, 0.1) is 27.9 Å². The monoisotopic (exact) mass is 408 g/mol. The SMILES string of the molecule is COc1cc(-c2nnc(SCCCN3C(=O)CNC3=O)o2)cc(OC)c1OC. The highest BCUT2D eigenvalue weighted by molar-refractivity contribution is 7.99. The minimum absolute atomic E-state index is 0.0633. The minimum atomic E-state index is -0.350. The first-order chi connectivity index (χ1) is 13.6. The van der Waals surface area contributed by atoms with Gasteiger partial charge in [-0.15, -0.1) is 10.2 Å². The van der Waals surface area contributed by atoms with Crippen LogP contribution in [0.2, 0.25) is 0 Å². The van der Waals surface area contributed by atoms with Crippen molar-refractivity contribution in [3.8, 4) is 28.7 Å². The summed E-state index contributed by atoms with van der Waals surface area (Å²) < 4.78 is 21.6. The Kier molecular flexibility index (Phi) is 6.24. The van der Waals surface area contributed by atoms with E-state index in [9.17, 15) is 9.59 Å². The normalized spacial score (nSPS) is 13.6. The van der Waals surface area contributed by atoms with Gasteiger partial charge in [0.15, 0.2) is 11.5 Å². The molecular weight excluding hydrogens is 388 g/mol. The van der Waals surface area contributed by atoms with Crippen LogP contribution in [-0.4, -0.2) is 67.2 Å². The molecular formula is C17H20N4O6S. The second kappa shape index (κ2) is 8.83. The summed E-state index contributed by atoms with van der Waals surface area (Å²) in [7, 11) is 4.59. The molecule has 28 heavy (non-hydrogen) atoms. The van der Waals surface area contributed by atoms with Crippen molar-refractivity contribution in [3.05, 3.63) is 12.1 Å². The van der Waals surface area contributed by atoms with Crippen LogP contribution in [0.15, 0.2) is 21.8 Å². The maximum atomic E-state index is 11.5. The number of nitrogens with one attached hydrogen (secondary N) is 1. The second-order valence-corrected chi connectivity index (χ2v) is 6.74. The fourth-order valence-electron chi connectivity index (χ4n) is 2.65. The van der Waals surface area contributed by atoms with E-state index in [2.05, 4.69) is 15.5 Å². The molecule has 1 aliphatic heterocycles. The number of rotatable bonds is 9. The Morgan fingerprint density at radius 1 is 1.14 bits per heavy atom. The van der Waals surface area contributed by atoms with Crippen LogP contribution in [-0.2, 0) is 4.79 Å². The van der Waals surface area contributed by atoms with E-state index in [0.717, 1.165) is 0 Å². The van der Waals surface area contributed by atoms with E-state index in [1.54, 1.807) is 12.1 Å². The van der Waals surface area contributed by atoms with Crippen LogP contribution >= 0.6 is 11.8 Å². The maximum absolute atomic E-state index is 11.5.